The summed E-state index contributed by atoms with van der Waals surface area (Å²) in [5.74, 6) is 0. The number of aryl methyl sites for hydroxylation is 1. The van der Waals surface area contributed by atoms with Crippen molar-refractivity contribution in [1.29, 1.82) is 0 Å². The number of nitrogens with one attached hydrogen (secondary N) is 1. The van der Waals surface area contributed by atoms with Gasteiger partial charge in [-0.15, -0.1) is 0 Å². The lowest BCUT2D eigenvalue weighted by molar-refractivity contribution is 0.241. The molecular formula is C16H22N2O. The van der Waals surface area contributed by atoms with Gasteiger partial charge < -0.3 is 15.0 Å². The molecule has 2 rings (SSSR count). The minimum absolute atomic E-state index is 0.104. The molecular weight excluding hydrogens is 236 g/mol. The summed E-state index contributed by atoms with van der Waals surface area (Å²) in [6.45, 7) is 4.07. The first-order valence-corrected chi connectivity index (χ1v) is 6.84. The standard InChI is InChI=1S/C16H22N2O/c1-2-18-9-8-15(12-18)11-17-16(13-19)10-14-6-4-3-5-7-14/h3-9,12,16-17,19H,2,10-11,13H2,1H3. The van der Waals surface area contributed by atoms with Gasteiger partial charge in [-0.3, -0.25) is 0 Å². The highest BCUT2D eigenvalue weighted by Gasteiger charge is 2.08. The smallest absolute Gasteiger partial charge is 0.0587 e. The van der Waals surface area contributed by atoms with Crippen LogP contribution >= 0.6 is 0 Å². The zero-order valence-electron chi connectivity index (χ0n) is 11.4. The molecule has 0 spiro atoms. The predicted octanol–water partition coefficient (Wildman–Crippen LogP) is 2.20. The van der Waals surface area contributed by atoms with E-state index >= 15 is 0 Å². The van der Waals surface area contributed by atoms with Crippen LogP contribution in [-0.4, -0.2) is 22.3 Å². The second-order valence-electron chi connectivity index (χ2n) is 4.80. The maximum atomic E-state index is 9.45. The van der Waals surface area contributed by atoms with Crippen LogP contribution in [0.4, 0.5) is 0 Å². The van der Waals surface area contributed by atoms with E-state index in [1.807, 2.05) is 18.2 Å². The summed E-state index contributed by atoms with van der Waals surface area (Å²) in [5, 5.41) is 12.9. The van der Waals surface area contributed by atoms with Gasteiger partial charge in [-0.1, -0.05) is 30.3 Å². The number of nitrogens with zero attached hydrogens (tertiary/aromatic N) is 1. The van der Waals surface area contributed by atoms with Crippen molar-refractivity contribution < 1.29 is 5.11 Å². The molecule has 19 heavy (non-hydrogen) atoms. The molecule has 1 unspecified atom stereocenters. The van der Waals surface area contributed by atoms with Gasteiger partial charge in [0.15, 0.2) is 0 Å². The van der Waals surface area contributed by atoms with Gasteiger partial charge in [0.1, 0.15) is 0 Å². The summed E-state index contributed by atoms with van der Waals surface area (Å²) in [4.78, 5) is 0. The molecule has 1 heterocycles. The topological polar surface area (TPSA) is 37.2 Å². The number of aromatic nitrogens is 1. The van der Waals surface area contributed by atoms with Crippen molar-refractivity contribution in [3.8, 4) is 0 Å². The summed E-state index contributed by atoms with van der Waals surface area (Å²) in [6, 6.07) is 12.5. The second kappa shape index (κ2) is 7.12. The Morgan fingerprint density at radius 1 is 1.16 bits per heavy atom. The second-order valence-corrected chi connectivity index (χ2v) is 4.80. The molecule has 2 N–H and O–H groups in total. The maximum Gasteiger partial charge on any atom is 0.0587 e. The zero-order valence-corrected chi connectivity index (χ0v) is 11.4. The average molecular weight is 258 g/mol. The third kappa shape index (κ3) is 4.23. The van der Waals surface area contributed by atoms with Crippen molar-refractivity contribution in [2.45, 2.75) is 32.5 Å². The van der Waals surface area contributed by atoms with Crippen molar-refractivity contribution in [2.75, 3.05) is 6.61 Å². The minimum atomic E-state index is 0.104. The monoisotopic (exact) mass is 258 g/mol. The number of benzene rings is 1. The normalized spacial score (nSPS) is 12.5. The van der Waals surface area contributed by atoms with E-state index in [9.17, 15) is 5.11 Å². The van der Waals surface area contributed by atoms with Crippen molar-refractivity contribution in [1.82, 2.24) is 9.88 Å². The number of aliphatic hydroxyl groups is 1. The fourth-order valence-corrected chi connectivity index (χ4v) is 2.15. The number of rotatable bonds is 7. The van der Waals surface area contributed by atoms with E-state index in [0.717, 1.165) is 19.5 Å². The highest BCUT2D eigenvalue weighted by molar-refractivity contribution is 5.16. The van der Waals surface area contributed by atoms with Crippen LogP contribution in [0.1, 0.15) is 18.1 Å². The summed E-state index contributed by atoms with van der Waals surface area (Å²) in [6.07, 6.45) is 5.08. The van der Waals surface area contributed by atoms with E-state index in [4.69, 9.17) is 0 Å². The molecule has 3 nitrogen and oxygen atoms in total. The fourth-order valence-electron chi connectivity index (χ4n) is 2.15. The lowest BCUT2D eigenvalue weighted by atomic mass is 10.1. The molecule has 0 radical (unpaired) electrons. The van der Waals surface area contributed by atoms with E-state index in [1.165, 1.54) is 11.1 Å². The Hall–Kier alpha value is -1.58. The van der Waals surface area contributed by atoms with Crippen LogP contribution < -0.4 is 5.32 Å². The van der Waals surface area contributed by atoms with Gasteiger partial charge >= 0.3 is 0 Å². The molecule has 3 heteroatoms. The number of hydrogen-bond donors (Lipinski definition) is 2. The summed E-state index contributed by atoms with van der Waals surface area (Å²) in [7, 11) is 0. The Bertz CT molecular complexity index is 479. The third-order valence-corrected chi connectivity index (χ3v) is 3.32. The summed E-state index contributed by atoms with van der Waals surface area (Å²) < 4.78 is 2.15. The molecule has 1 aromatic heterocycles. The van der Waals surface area contributed by atoms with E-state index in [1.54, 1.807) is 0 Å². The quantitative estimate of drug-likeness (QED) is 0.799. The fraction of sp³-hybridized carbons (Fsp3) is 0.375. The molecule has 0 fully saturated rings. The molecule has 1 aromatic carbocycles. The van der Waals surface area contributed by atoms with E-state index in [2.05, 4.69) is 47.4 Å². The zero-order chi connectivity index (χ0) is 13.5. The highest BCUT2D eigenvalue weighted by atomic mass is 16.3. The molecule has 0 aliphatic carbocycles. The van der Waals surface area contributed by atoms with Gasteiger partial charge in [0.25, 0.3) is 0 Å². The molecule has 102 valence electrons. The third-order valence-electron chi connectivity index (χ3n) is 3.32. The van der Waals surface area contributed by atoms with Crippen molar-refractivity contribution in [2.24, 2.45) is 0 Å². The van der Waals surface area contributed by atoms with Crippen molar-refractivity contribution in [3.63, 3.8) is 0 Å². The SMILES string of the molecule is CCn1ccc(CNC(CO)Cc2ccccc2)c1. The molecule has 2 aromatic rings. The van der Waals surface area contributed by atoms with Crippen molar-refractivity contribution >= 4 is 0 Å². The van der Waals surface area contributed by atoms with E-state index in [-0.39, 0.29) is 12.6 Å². The molecule has 0 bridgehead atoms. The van der Waals surface area contributed by atoms with Crippen LogP contribution in [0.15, 0.2) is 48.8 Å². The Morgan fingerprint density at radius 3 is 2.58 bits per heavy atom. The first-order valence-electron chi connectivity index (χ1n) is 6.84. The molecule has 0 amide bonds. The average Bonchev–Trinajstić information content (AvgIpc) is 2.92. The van der Waals surface area contributed by atoms with Gasteiger partial charge in [0.2, 0.25) is 0 Å². The van der Waals surface area contributed by atoms with Crippen LogP contribution in [0.25, 0.3) is 0 Å². The van der Waals surface area contributed by atoms with Gasteiger partial charge in [-0.05, 0) is 30.5 Å². The summed E-state index contributed by atoms with van der Waals surface area (Å²) in [5.41, 5.74) is 2.51. The largest absolute Gasteiger partial charge is 0.395 e. The van der Waals surface area contributed by atoms with Crippen LogP contribution in [-0.2, 0) is 19.5 Å². The Morgan fingerprint density at radius 2 is 1.95 bits per heavy atom. The van der Waals surface area contributed by atoms with Crippen LogP contribution in [0.5, 0.6) is 0 Å². The first kappa shape index (κ1) is 13.8. The molecule has 0 saturated heterocycles. The van der Waals surface area contributed by atoms with Crippen LogP contribution in [0, 0.1) is 0 Å². The van der Waals surface area contributed by atoms with Gasteiger partial charge in [-0.2, -0.15) is 0 Å². The molecule has 0 saturated carbocycles. The van der Waals surface area contributed by atoms with Crippen LogP contribution in [0.3, 0.4) is 0 Å². The Balaban J connectivity index is 1.85. The lowest BCUT2D eigenvalue weighted by Crippen LogP contribution is -2.33. The van der Waals surface area contributed by atoms with Gasteiger partial charge in [-0.25, -0.2) is 0 Å². The minimum Gasteiger partial charge on any atom is -0.395 e. The van der Waals surface area contributed by atoms with E-state index < -0.39 is 0 Å². The lowest BCUT2D eigenvalue weighted by Gasteiger charge is -2.15. The molecule has 1 atom stereocenters. The van der Waals surface area contributed by atoms with Crippen LogP contribution in [0.2, 0.25) is 0 Å². The van der Waals surface area contributed by atoms with Gasteiger partial charge in [0.05, 0.1) is 6.61 Å². The highest BCUT2D eigenvalue weighted by Crippen LogP contribution is 2.05. The van der Waals surface area contributed by atoms with Crippen molar-refractivity contribution in [3.05, 3.63) is 59.9 Å². The van der Waals surface area contributed by atoms with E-state index in [0.29, 0.717) is 0 Å². The Kier molecular flexibility index (Phi) is 5.19. The number of aliphatic hydroxyl groups excluding tert-OH is 1. The van der Waals surface area contributed by atoms with Gasteiger partial charge in [0, 0.05) is 31.5 Å². The maximum absolute atomic E-state index is 9.45. The predicted molar refractivity (Wildman–Crippen MR) is 78.0 cm³/mol. The molecule has 0 aliphatic rings. The Labute approximate surface area is 114 Å². The molecule has 0 aliphatic heterocycles. The first-order chi connectivity index (χ1) is 9.31. The summed E-state index contributed by atoms with van der Waals surface area (Å²) >= 11 is 0. The number of hydrogen-bond acceptors (Lipinski definition) is 2.